The lowest BCUT2D eigenvalue weighted by molar-refractivity contribution is -0.139. The average molecular weight is 486 g/mol. The van der Waals surface area contributed by atoms with Gasteiger partial charge in [0.05, 0.1) is 37.4 Å². The van der Waals surface area contributed by atoms with Gasteiger partial charge >= 0.3 is 0 Å². The highest BCUT2D eigenvalue weighted by molar-refractivity contribution is 6.32. The number of methoxy groups -OCH3 is 2. The van der Waals surface area contributed by atoms with Crippen LogP contribution in [0.1, 0.15) is 24.8 Å². The van der Waals surface area contributed by atoms with E-state index in [2.05, 4.69) is 5.32 Å². The lowest BCUT2D eigenvalue weighted by Gasteiger charge is -2.21. The number of imide groups is 1. The van der Waals surface area contributed by atoms with Gasteiger partial charge in [-0.1, -0.05) is 23.7 Å². The van der Waals surface area contributed by atoms with E-state index in [0.29, 0.717) is 27.9 Å². The van der Waals surface area contributed by atoms with Gasteiger partial charge in [0.15, 0.2) is 0 Å². The van der Waals surface area contributed by atoms with Crippen LogP contribution in [0.15, 0.2) is 36.4 Å². The summed E-state index contributed by atoms with van der Waals surface area (Å²) in [4.78, 5) is 51.8. The molecule has 2 heterocycles. The van der Waals surface area contributed by atoms with Gasteiger partial charge in [0, 0.05) is 37.6 Å². The second kappa shape index (κ2) is 9.72. The van der Waals surface area contributed by atoms with E-state index >= 15 is 0 Å². The van der Waals surface area contributed by atoms with Gasteiger partial charge in [-0.05, 0) is 23.8 Å². The van der Waals surface area contributed by atoms with Crippen molar-refractivity contribution in [3.63, 3.8) is 0 Å². The lowest BCUT2D eigenvalue weighted by Crippen LogP contribution is -2.28. The number of benzene rings is 2. The molecule has 2 fully saturated rings. The molecule has 1 atom stereocenters. The molecule has 0 spiro atoms. The van der Waals surface area contributed by atoms with Crippen molar-refractivity contribution in [3.05, 3.63) is 47.0 Å². The third-order valence-electron chi connectivity index (χ3n) is 5.96. The SMILES string of the molecule is COc1cc(OC)c(N2CC(C(=O)Nc3ccc(CN4C(=O)CCC4=O)cc3)CC2=O)cc1Cl. The molecule has 2 aromatic rings. The Labute approximate surface area is 201 Å². The molecule has 9 nitrogen and oxygen atoms in total. The Kier molecular flexibility index (Phi) is 6.74. The number of ether oxygens (including phenoxy) is 2. The Morgan fingerprint density at radius 1 is 1.00 bits per heavy atom. The lowest BCUT2D eigenvalue weighted by atomic mass is 10.1. The molecule has 0 aromatic heterocycles. The Balaban J connectivity index is 1.41. The highest BCUT2D eigenvalue weighted by atomic mass is 35.5. The van der Waals surface area contributed by atoms with Crippen molar-refractivity contribution in [1.82, 2.24) is 4.90 Å². The molecule has 0 saturated carbocycles. The molecule has 4 amide bonds. The predicted octanol–water partition coefficient (Wildman–Crippen LogP) is 3.00. The maximum Gasteiger partial charge on any atom is 0.229 e. The molecular weight excluding hydrogens is 462 g/mol. The minimum Gasteiger partial charge on any atom is -0.495 e. The Bertz CT molecular complexity index is 1130. The van der Waals surface area contributed by atoms with Crippen LogP contribution >= 0.6 is 11.6 Å². The first-order chi connectivity index (χ1) is 16.3. The number of carbonyl (C=O) groups is 4. The molecule has 4 rings (SSSR count). The van der Waals surface area contributed by atoms with Gasteiger partial charge in [-0.2, -0.15) is 0 Å². The van der Waals surface area contributed by atoms with Gasteiger partial charge in [-0.25, -0.2) is 0 Å². The number of nitrogens with zero attached hydrogens (tertiary/aromatic N) is 2. The van der Waals surface area contributed by atoms with Crippen LogP contribution in [0, 0.1) is 5.92 Å². The second-order valence-corrected chi connectivity index (χ2v) is 8.53. The first-order valence-electron chi connectivity index (χ1n) is 10.8. The number of nitrogens with one attached hydrogen (secondary N) is 1. The van der Waals surface area contributed by atoms with Crippen LogP contribution in [0.4, 0.5) is 11.4 Å². The summed E-state index contributed by atoms with van der Waals surface area (Å²) >= 11 is 6.23. The van der Waals surface area contributed by atoms with E-state index < -0.39 is 5.92 Å². The maximum absolute atomic E-state index is 12.8. The van der Waals surface area contributed by atoms with Crippen LogP contribution < -0.4 is 19.7 Å². The molecule has 0 aliphatic carbocycles. The first kappa shape index (κ1) is 23.6. The van der Waals surface area contributed by atoms with E-state index in [4.69, 9.17) is 21.1 Å². The number of rotatable bonds is 7. The molecule has 1 unspecified atom stereocenters. The summed E-state index contributed by atoms with van der Waals surface area (Å²) in [5.74, 6) is -0.564. The van der Waals surface area contributed by atoms with Crippen molar-refractivity contribution in [2.24, 2.45) is 5.92 Å². The molecule has 2 aromatic carbocycles. The van der Waals surface area contributed by atoms with Gasteiger partial charge in [0.25, 0.3) is 0 Å². The van der Waals surface area contributed by atoms with Crippen LogP contribution in [-0.2, 0) is 25.7 Å². The first-order valence-corrected chi connectivity index (χ1v) is 11.1. The number of amides is 4. The van der Waals surface area contributed by atoms with Crippen LogP contribution in [0.25, 0.3) is 0 Å². The fourth-order valence-electron chi connectivity index (χ4n) is 4.09. The molecule has 2 saturated heterocycles. The molecule has 0 bridgehead atoms. The van der Waals surface area contributed by atoms with Crippen molar-refractivity contribution >= 4 is 46.6 Å². The zero-order valence-electron chi connectivity index (χ0n) is 18.8. The molecule has 2 aliphatic heterocycles. The van der Waals surface area contributed by atoms with Crippen LogP contribution in [0.2, 0.25) is 5.02 Å². The highest BCUT2D eigenvalue weighted by Crippen LogP contribution is 2.40. The van der Waals surface area contributed by atoms with Gasteiger partial charge in [0.2, 0.25) is 23.6 Å². The fourth-order valence-corrected chi connectivity index (χ4v) is 4.33. The highest BCUT2D eigenvalue weighted by Gasteiger charge is 2.37. The van der Waals surface area contributed by atoms with Crippen LogP contribution in [0.3, 0.4) is 0 Å². The van der Waals surface area contributed by atoms with Gasteiger partial charge in [-0.15, -0.1) is 0 Å². The van der Waals surface area contributed by atoms with Gasteiger partial charge in [-0.3, -0.25) is 24.1 Å². The van der Waals surface area contributed by atoms with Crippen LogP contribution in [-0.4, -0.2) is 49.3 Å². The molecule has 2 aliphatic rings. The van der Waals surface area contributed by atoms with E-state index in [1.165, 1.54) is 24.0 Å². The van der Waals surface area contributed by atoms with E-state index in [0.717, 1.165) is 5.56 Å². The summed E-state index contributed by atoms with van der Waals surface area (Å²) in [6.45, 7) is 0.394. The van der Waals surface area contributed by atoms with Crippen molar-refractivity contribution in [2.45, 2.75) is 25.8 Å². The monoisotopic (exact) mass is 485 g/mol. The smallest absolute Gasteiger partial charge is 0.229 e. The molecule has 1 N–H and O–H groups in total. The summed E-state index contributed by atoms with van der Waals surface area (Å²) in [6.07, 6.45) is 0.549. The zero-order chi connectivity index (χ0) is 24.4. The van der Waals surface area contributed by atoms with E-state index in [1.54, 1.807) is 36.4 Å². The summed E-state index contributed by atoms with van der Waals surface area (Å²) in [5, 5.41) is 3.16. The normalized spacial score (nSPS) is 18.0. The molecule has 178 valence electrons. The number of hydrogen-bond acceptors (Lipinski definition) is 6. The summed E-state index contributed by atoms with van der Waals surface area (Å²) < 4.78 is 10.6. The average Bonchev–Trinajstić information content (AvgIpc) is 3.37. The zero-order valence-corrected chi connectivity index (χ0v) is 19.6. The number of likely N-dealkylation sites (tertiary alicyclic amines) is 1. The minimum absolute atomic E-state index is 0.0515. The molecule has 0 radical (unpaired) electrons. The van der Waals surface area contributed by atoms with Crippen molar-refractivity contribution < 1.29 is 28.7 Å². The Morgan fingerprint density at radius 2 is 1.65 bits per heavy atom. The largest absolute Gasteiger partial charge is 0.495 e. The number of halogens is 1. The standard InChI is InChI=1S/C24H24ClN3O6/c1-33-19-11-20(34-2)18(10-17(19)25)27-13-15(9-23(27)31)24(32)26-16-5-3-14(4-6-16)12-28-21(29)7-8-22(28)30/h3-6,10-11,15H,7-9,12-13H2,1-2H3,(H,26,32). The van der Waals surface area contributed by atoms with E-state index in [9.17, 15) is 19.2 Å². The van der Waals surface area contributed by atoms with Gasteiger partial charge in [0.1, 0.15) is 11.5 Å². The van der Waals surface area contributed by atoms with Gasteiger partial charge < -0.3 is 19.7 Å². The molecule has 34 heavy (non-hydrogen) atoms. The number of hydrogen-bond donors (Lipinski definition) is 1. The Hall–Kier alpha value is -3.59. The third-order valence-corrected chi connectivity index (χ3v) is 6.25. The summed E-state index contributed by atoms with van der Waals surface area (Å²) in [7, 11) is 2.97. The topological polar surface area (TPSA) is 105 Å². The van der Waals surface area contributed by atoms with Crippen LogP contribution in [0.5, 0.6) is 11.5 Å². The number of anilines is 2. The summed E-state index contributed by atoms with van der Waals surface area (Å²) in [5.41, 5.74) is 1.82. The third kappa shape index (κ3) is 4.70. The second-order valence-electron chi connectivity index (χ2n) is 8.12. The summed E-state index contributed by atoms with van der Waals surface area (Å²) in [6, 6.07) is 10.1. The van der Waals surface area contributed by atoms with Crippen molar-refractivity contribution in [1.29, 1.82) is 0 Å². The van der Waals surface area contributed by atoms with Crippen molar-refractivity contribution in [2.75, 3.05) is 31.0 Å². The van der Waals surface area contributed by atoms with E-state index in [-0.39, 0.29) is 56.0 Å². The number of carbonyl (C=O) groups excluding carboxylic acids is 4. The fraction of sp³-hybridized carbons (Fsp3) is 0.333. The predicted molar refractivity (Wildman–Crippen MR) is 125 cm³/mol. The minimum atomic E-state index is -0.558. The molecule has 10 heteroatoms. The maximum atomic E-state index is 12.8. The van der Waals surface area contributed by atoms with E-state index in [1.807, 2.05) is 0 Å². The molecular formula is C24H24ClN3O6. The Morgan fingerprint density at radius 3 is 2.26 bits per heavy atom. The van der Waals surface area contributed by atoms with Crippen molar-refractivity contribution in [3.8, 4) is 11.5 Å². The quantitative estimate of drug-likeness (QED) is 0.604.